The lowest BCUT2D eigenvalue weighted by Crippen LogP contribution is -2.46. The fourth-order valence-electron chi connectivity index (χ4n) is 2.15. The molecule has 0 unspecified atom stereocenters. The molecule has 1 aliphatic heterocycles. The van der Waals surface area contributed by atoms with E-state index in [2.05, 4.69) is 5.32 Å². The van der Waals surface area contributed by atoms with Crippen molar-refractivity contribution in [3.8, 4) is 0 Å². The number of nitrogens with one attached hydrogen (secondary N) is 1. The molecule has 0 saturated heterocycles. The fraction of sp³-hybridized carbons (Fsp3) is 0.286. The van der Waals surface area contributed by atoms with E-state index >= 15 is 0 Å². The molecule has 0 fully saturated rings. The number of nitrogens with zero attached hydrogens (tertiary/aromatic N) is 1. The highest BCUT2D eigenvalue weighted by atomic mass is 32.1. The lowest BCUT2D eigenvalue weighted by atomic mass is 9.95. The molecule has 1 N–H and O–H groups in total. The Labute approximate surface area is 122 Å². The zero-order chi connectivity index (χ0) is 14.9. The Morgan fingerprint density at radius 3 is 2.70 bits per heavy atom. The maximum Gasteiger partial charge on any atom is 0.337 e. The highest BCUT2D eigenvalue weighted by Gasteiger charge is 2.34. The molecule has 0 saturated carbocycles. The fourth-order valence-corrected chi connectivity index (χ4v) is 2.41. The number of allylic oxidation sites excluding steroid dienone is 1. The van der Waals surface area contributed by atoms with E-state index < -0.39 is 17.8 Å². The molecule has 1 aromatic carbocycles. The Morgan fingerprint density at radius 2 is 2.10 bits per heavy atom. The Kier molecular flexibility index (Phi) is 4.04. The molecule has 4 nitrogen and oxygen atoms in total. The number of carbonyl (C=O) groups excluding carboxylic acids is 1. The minimum atomic E-state index is -0.646. The first kappa shape index (κ1) is 14.5. The average Bonchev–Trinajstić information content (AvgIpc) is 2.44. The first-order chi connectivity index (χ1) is 9.47. The Bertz CT molecular complexity index is 601. The van der Waals surface area contributed by atoms with E-state index in [-0.39, 0.29) is 0 Å². The average molecular weight is 294 g/mol. The van der Waals surface area contributed by atoms with Crippen LogP contribution in [0.3, 0.4) is 0 Å². The van der Waals surface area contributed by atoms with Crippen molar-refractivity contribution in [1.82, 2.24) is 10.2 Å². The van der Waals surface area contributed by atoms with Gasteiger partial charge >= 0.3 is 5.97 Å². The smallest absolute Gasteiger partial charge is 0.337 e. The van der Waals surface area contributed by atoms with E-state index in [1.807, 2.05) is 0 Å². The quantitative estimate of drug-likeness (QED) is 0.668. The molecule has 0 aromatic heterocycles. The van der Waals surface area contributed by atoms with Gasteiger partial charge in [-0.3, -0.25) is 0 Å². The number of carbonyl (C=O) groups is 1. The zero-order valence-corrected chi connectivity index (χ0v) is 12.3. The predicted molar refractivity (Wildman–Crippen MR) is 77.4 cm³/mol. The van der Waals surface area contributed by atoms with Gasteiger partial charge in [0, 0.05) is 18.3 Å². The molecule has 1 aliphatic rings. The van der Waals surface area contributed by atoms with Crippen molar-refractivity contribution >= 4 is 23.3 Å². The zero-order valence-electron chi connectivity index (χ0n) is 11.4. The summed E-state index contributed by atoms with van der Waals surface area (Å²) >= 11 is 5.21. The van der Waals surface area contributed by atoms with E-state index in [4.69, 9.17) is 17.0 Å². The number of thiocarbonyl (C=S) groups is 1. The predicted octanol–water partition coefficient (Wildman–Crippen LogP) is 2.13. The molecule has 0 radical (unpaired) electrons. The number of hydrogen-bond donors (Lipinski definition) is 1. The van der Waals surface area contributed by atoms with Crippen LogP contribution < -0.4 is 5.32 Å². The first-order valence-electron chi connectivity index (χ1n) is 6.05. The number of ether oxygens (including phenoxy) is 1. The second-order valence-electron chi connectivity index (χ2n) is 4.45. The standard InChI is InChI=1S/C14H15FN2O2S/c1-8-11(13(18)19-3)12(16-14(20)17(8)2)9-6-4-5-7-10(9)15/h4-7,12H,1-3H3,(H,16,20)/t12-/m1/s1. The summed E-state index contributed by atoms with van der Waals surface area (Å²) < 4.78 is 18.8. The van der Waals surface area contributed by atoms with Gasteiger partial charge in [0.25, 0.3) is 0 Å². The van der Waals surface area contributed by atoms with E-state index in [0.717, 1.165) is 0 Å². The lowest BCUT2D eigenvalue weighted by molar-refractivity contribution is -0.136. The molecule has 0 aliphatic carbocycles. The molecule has 106 valence electrons. The van der Waals surface area contributed by atoms with Gasteiger partial charge in [-0.25, -0.2) is 9.18 Å². The maximum atomic E-state index is 14.0. The minimum absolute atomic E-state index is 0.355. The highest BCUT2D eigenvalue weighted by Crippen LogP contribution is 2.31. The van der Waals surface area contributed by atoms with Gasteiger partial charge in [-0.1, -0.05) is 18.2 Å². The highest BCUT2D eigenvalue weighted by molar-refractivity contribution is 7.80. The number of esters is 1. The number of benzene rings is 1. The van der Waals surface area contributed by atoms with Crippen molar-refractivity contribution in [2.24, 2.45) is 0 Å². The third-order valence-corrected chi connectivity index (χ3v) is 3.77. The van der Waals surface area contributed by atoms with Gasteiger partial charge in [-0.05, 0) is 25.2 Å². The summed E-state index contributed by atoms with van der Waals surface area (Å²) in [5.41, 5.74) is 1.37. The van der Waals surface area contributed by atoms with Crippen LogP contribution in [0.25, 0.3) is 0 Å². The molecular formula is C14H15FN2O2S. The SMILES string of the molecule is COC(=O)C1=C(C)N(C)C(=S)N[C@@H]1c1ccccc1F. The number of hydrogen-bond acceptors (Lipinski definition) is 3. The number of halogens is 1. The number of rotatable bonds is 2. The molecule has 1 heterocycles. The van der Waals surface area contributed by atoms with Crippen LogP contribution in [0, 0.1) is 5.82 Å². The van der Waals surface area contributed by atoms with Gasteiger partial charge in [-0.2, -0.15) is 0 Å². The summed E-state index contributed by atoms with van der Waals surface area (Å²) in [5.74, 6) is -0.899. The van der Waals surface area contributed by atoms with Crippen LogP contribution in [-0.2, 0) is 9.53 Å². The van der Waals surface area contributed by atoms with E-state index in [1.165, 1.54) is 13.2 Å². The van der Waals surface area contributed by atoms with Crippen molar-refractivity contribution in [2.45, 2.75) is 13.0 Å². The molecular weight excluding hydrogens is 279 g/mol. The third-order valence-electron chi connectivity index (χ3n) is 3.38. The van der Waals surface area contributed by atoms with Crippen molar-refractivity contribution < 1.29 is 13.9 Å². The monoisotopic (exact) mass is 294 g/mol. The Balaban J connectivity index is 2.58. The van der Waals surface area contributed by atoms with Crippen LogP contribution in [0.4, 0.5) is 4.39 Å². The van der Waals surface area contributed by atoms with Crippen molar-refractivity contribution in [3.63, 3.8) is 0 Å². The van der Waals surface area contributed by atoms with Crippen LogP contribution in [0.15, 0.2) is 35.5 Å². The van der Waals surface area contributed by atoms with Gasteiger partial charge in [0.2, 0.25) is 0 Å². The largest absolute Gasteiger partial charge is 0.466 e. The van der Waals surface area contributed by atoms with E-state index in [9.17, 15) is 9.18 Å². The summed E-state index contributed by atoms with van der Waals surface area (Å²) in [5, 5.41) is 3.41. The van der Waals surface area contributed by atoms with Crippen LogP contribution in [0.1, 0.15) is 18.5 Å². The van der Waals surface area contributed by atoms with Crippen molar-refractivity contribution in [2.75, 3.05) is 14.2 Å². The molecule has 0 bridgehead atoms. The molecule has 20 heavy (non-hydrogen) atoms. The van der Waals surface area contributed by atoms with E-state index in [1.54, 1.807) is 37.1 Å². The van der Waals surface area contributed by atoms with Crippen LogP contribution in [0.2, 0.25) is 0 Å². The van der Waals surface area contributed by atoms with Gasteiger partial charge in [-0.15, -0.1) is 0 Å². The molecule has 2 rings (SSSR count). The minimum Gasteiger partial charge on any atom is -0.466 e. The third kappa shape index (κ3) is 2.38. The van der Waals surface area contributed by atoms with Crippen LogP contribution >= 0.6 is 12.2 Å². The lowest BCUT2D eigenvalue weighted by Gasteiger charge is -2.35. The normalized spacial score (nSPS) is 18.9. The van der Waals surface area contributed by atoms with Crippen LogP contribution in [-0.4, -0.2) is 30.1 Å². The van der Waals surface area contributed by atoms with Crippen molar-refractivity contribution in [3.05, 3.63) is 46.9 Å². The molecule has 1 atom stereocenters. The van der Waals surface area contributed by atoms with Gasteiger partial charge in [0.15, 0.2) is 5.11 Å². The number of methoxy groups -OCH3 is 1. The topological polar surface area (TPSA) is 41.6 Å². The second-order valence-corrected chi connectivity index (χ2v) is 4.84. The molecule has 0 spiro atoms. The van der Waals surface area contributed by atoms with Crippen LogP contribution in [0.5, 0.6) is 0 Å². The maximum absolute atomic E-state index is 14.0. The molecule has 6 heteroatoms. The molecule has 0 amide bonds. The summed E-state index contributed by atoms with van der Waals surface area (Å²) in [4.78, 5) is 13.7. The Morgan fingerprint density at radius 1 is 1.45 bits per heavy atom. The second kappa shape index (κ2) is 5.58. The summed E-state index contributed by atoms with van der Waals surface area (Å²) in [7, 11) is 3.04. The first-order valence-corrected chi connectivity index (χ1v) is 6.46. The summed E-state index contributed by atoms with van der Waals surface area (Å²) in [6.07, 6.45) is 0. The summed E-state index contributed by atoms with van der Waals surface area (Å²) in [6, 6.07) is 5.64. The van der Waals surface area contributed by atoms with Gasteiger partial charge in [0.05, 0.1) is 18.7 Å². The molecule has 1 aromatic rings. The van der Waals surface area contributed by atoms with Crippen molar-refractivity contribution in [1.29, 1.82) is 0 Å². The summed E-state index contributed by atoms with van der Waals surface area (Å²) in [6.45, 7) is 1.76. The van der Waals surface area contributed by atoms with Gasteiger partial charge < -0.3 is 15.0 Å². The van der Waals surface area contributed by atoms with Gasteiger partial charge in [0.1, 0.15) is 5.82 Å². The Hall–Kier alpha value is -1.95. The van der Waals surface area contributed by atoms with E-state index in [0.29, 0.717) is 21.9 Å².